The van der Waals surface area contributed by atoms with Crippen molar-refractivity contribution in [2.45, 2.75) is 19.9 Å². The summed E-state index contributed by atoms with van der Waals surface area (Å²) in [5.74, 6) is 1.84. The van der Waals surface area contributed by atoms with Gasteiger partial charge in [-0.2, -0.15) is 0 Å². The number of imidazole rings is 1. The molecule has 0 aliphatic carbocycles. The number of nitrogens with one attached hydrogen (secondary N) is 1. The minimum atomic E-state index is 0.387. The van der Waals surface area contributed by atoms with E-state index in [0.717, 1.165) is 56.5 Å². The van der Waals surface area contributed by atoms with Crippen LogP contribution in [0.1, 0.15) is 12.6 Å². The highest BCUT2D eigenvalue weighted by Crippen LogP contribution is 2.34. The van der Waals surface area contributed by atoms with Gasteiger partial charge in [0.1, 0.15) is 23.0 Å². The van der Waals surface area contributed by atoms with Crippen LogP contribution in [0.15, 0.2) is 43.0 Å². The van der Waals surface area contributed by atoms with E-state index in [1.165, 1.54) is 0 Å². The molecule has 0 atom stereocenters. The first-order chi connectivity index (χ1) is 18.1. The van der Waals surface area contributed by atoms with Crippen LogP contribution in [0.4, 0.5) is 23.0 Å². The van der Waals surface area contributed by atoms with Crippen molar-refractivity contribution in [1.29, 1.82) is 0 Å². The van der Waals surface area contributed by atoms with Crippen molar-refractivity contribution < 1.29 is 9.47 Å². The summed E-state index contributed by atoms with van der Waals surface area (Å²) in [6, 6.07) is 6.78. The number of nitrogens with zero attached hydrogens (tertiary/aromatic N) is 7. The Morgan fingerprint density at radius 3 is 2.68 bits per heavy atom. The standard InChI is InChI=1S/C26H31N9O2/c1-3-37-23-12-18(4-5-22(23)34-10-8-33(9-11-34)19-15-36-16-19)30-25-26-28-6-7-35(26)14-21(32-25)20-13-29-17(2)24(27)31-20/h4-7,12-14,19H,3,8-11,15-16H2,1-2H3,(H2,27,31)(H,30,32). The zero-order valence-electron chi connectivity index (χ0n) is 21.1. The van der Waals surface area contributed by atoms with E-state index in [9.17, 15) is 0 Å². The first-order valence-corrected chi connectivity index (χ1v) is 12.6. The van der Waals surface area contributed by atoms with Crippen LogP contribution in [0, 0.1) is 6.92 Å². The van der Waals surface area contributed by atoms with Gasteiger partial charge in [0.05, 0.1) is 43.4 Å². The van der Waals surface area contributed by atoms with Gasteiger partial charge in [-0.1, -0.05) is 0 Å². The van der Waals surface area contributed by atoms with Crippen LogP contribution in [-0.4, -0.2) is 81.3 Å². The van der Waals surface area contributed by atoms with Crippen LogP contribution in [-0.2, 0) is 4.74 Å². The molecule has 0 bridgehead atoms. The molecule has 1 aromatic carbocycles. The molecule has 0 unspecified atom stereocenters. The number of nitrogens with two attached hydrogens (primary N) is 1. The molecule has 0 amide bonds. The Hall–Kier alpha value is -3.96. The van der Waals surface area contributed by atoms with Crippen LogP contribution >= 0.6 is 0 Å². The van der Waals surface area contributed by atoms with Crippen molar-refractivity contribution in [3.8, 4) is 17.1 Å². The zero-order valence-corrected chi connectivity index (χ0v) is 21.1. The van der Waals surface area contributed by atoms with E-state index < -0.39 is 0 Å². The summed E-state index contributed by atoms with van der Waals surface area (Å²) in [7, 11) is 0. The van der Waals surface area contributed by atoms with E-state index >= 15 is 0 Å². The topological polar surface area (TPSA) is 119 Å². The van der Waals surface area contributed by atoms with Gasteiger partial charge >= 0.3 is 0 Å². The maximum atomic E-state index is 6.08. The lowest BCUT2D eigenvalue weighted by molar-refractivity contribution is -0.0660. The highest BCUT2D eigenvalue weighted by molar-refractivity contribution is 5.75. The summed E-state index contributed by atoms with van der Waals surface area (Å²) in [5, 5.41) is 3.44. The van der Waals surface area contributed by atoms with Crippen molar-refractivity contribution in [3.05, 3.63) is 48.7 Å². The number of nitrogen functional groups attached to an aromatic ring is 1. The van der Waals surface area contributed by atoms with Gasteiger partial charge in [0, 0.05) is 56.5 Å². The Morgan fingerprint density at radius 1 is 1.11 bits per heavy atom. The summed E-state index contributed by atoms with van der Waals surface area (Å²) in [6.07, 6.45) is 7.17. The van der Waals surface area contributed by atoms with Crippen LogP contribution in [0.3, 0.4) is 0 Å². The number of anilines is 4. The lowest BCUT2D eigenvalue weighted by atomic mass is 10.1. The predicted octanol–water partition coefficient (Wildman–Crippen LogP) is 2.74. The molecule has 2 aliphatic heterocycles. The molecular weight excluding hydrogens is 470 g/mol. The number of hydrogen-bond donors (Lipinski definition) is 2. The van der Waals surface area contributed by atoms with Crippen molar-refractivity contribution in [2.75, 3.05) is 62.0 Å². The Balaban J connectivity index is 1.27. The molecular formula is C26H31N9O2. The highest BCUT2D eigenvalue weighted by atomic mass is 16.5. The summed E-state index contributed by atoms with van der Waals surface area (Å²) < 4.78 is 13.4. The summed E-state index contributed by atoms with van der Waals surface area (Å²) >= 11 is 0. The quantitative estimate of drug-likeness (QED) is 0.391. The number of aromatic nitrogens is 5. The van der Waals surface area contributed by atoms with E-state index in [1.807, 2.05) is 36.7 Å². The third-order valence-electron chi connectivity index (χ3n) is 6.94. The molecule has 2 saturated heterocycles. The zero-order chi connectivity index (χ0) is 25.4. The van der Waals surface area contributed by atoms with E-state index in [1.54, 1.807) is 12.4 Å². The molecule has 2 fully saturated rings. The SMILES string of the molecule is CCOc1cc(Nc2nc(-c3cnc(C)c(N)n3)cn3ccnc23)ccc1N1CCN(C2COC2)CC1. The van der Waals surface area contributed by atoms with Crippen molar-refractivity contribution in [3.63, 3.8) is 0 Å². The van der Waals surface area contributed by atoms with Gasteiger partial charge in [-0.3, -0.25) is 9.88 Å². The van der Waals surface area contributed by atoms with E-state index in [0.29, 0.717) is 47.0 Å². The molecule has 3 aromatic heterocycles. The summed E-state index contributed by atoms with van der Waals surface area (Å²) in [5.41, 5.74) is 10.6. The van der Waals surface area contributed by atoms with Gasteiger partial charge in [0.25, 0.3) is 0 Å². The third kappa shape index (κ3) is 4.63. The molecule has 3 N–H and O–H groups in total. The van der Waals surface area contributed by atoms with Crippen LogP contribution < -0.4 is 20.7 Å². The second kappa shape index (κ2) is 9.83. The largest absolute Gasteiger partial charge is 0.492 e. The molecule has 37 heavy (non-hydrogen) atoms. The maximum Gasteiger partial charge on any atom is 0.180 e. The second-order valence-electron chi connectivity index (χ2n) is 9.31. The fraction of sp³-hybridized carbons (Fsp3) is 0.385. The minimum Gasteiger partial charge on any atom is -0.492 e. The van der Waals surface area contributed by atoms with Crippen molar-refractivity contribution in [2.24, 2.45) is 0 Å². The first kappa shape index (κ1) is 23.4. The Bertz CT molecular complexity index is 1410. The van der Waals surface area contributed by atoms with Gasteiger partial charge in [-0.25, -0.2) is 15.0 Å². The number of hydrogen-bond acceptors (Lipinski definition) is 10. The molecule has 11 nitrogen and oxygen atoms in total. The highest BCUT2D eigenvalue weighted by Gasteiger charge is 2.29. The number of piperazine rings is 1. The summed E-state index contributed by atoms with van der Waals surface area (Å²) in [6.45, 7) is 10.1. The lowest BCUT2D eigenvalue weighted by Crippen LogP contribution is -2.56. The lowest BCUT2D eigenvalue weighted by Gasteiger charge is -2.43. The average Bonchev–Trinajstić information content (AvgIpc) is 3.35. The van der Waals surface area contributed by atoms with Gasteiger partial charge in [-0.15, -0.1) is 0 Å². The smallest absolute Gasteiger partial charge is 0.180 e. The molecule has 11 heteroatoms. The Morgan fingerprint density at radius 2 is 1.95 bits per heavy atom. The Labute approximate surface area is 215 Å². The van der Waals surface area contributed by atoms with E-state index in [2.05, 4.69) is 42.2 Å². The predicted molar refractivity (Wildman–Crippen MR) is 142 cm³/mol. The van der Waals surface area contributed by atoms with E-state index in [-0.39, 0.29) is 0 Å². The van der Waals surface area contributed by atoms with Crippen molar-refractivity contribution in [1.82, 2.24) is 29.2 Å². The monoisotopic (exact) mass is 501 g/mol. The molecule has 2 aliphatic rings. The number of rotatable bonds is 7. The van der Waals surface area contributed by atoms with Crippen molar-refractivity contribution >= 4 is 28.7 Å². The summed E-state index contributed by atoms with van der Waals surface area (Å²) in [4.78, 5) is 23.0. The van der Waals surface area contributed by atoms with Gasteiger partial charge in [0.2, 0.25) is 0 Å². The fourth-order valence-corrected chi connectivity index (χ4v) is 4.75. The third-order valence-corrected chi connectivity index (χ3v) is 6.94. The first-order valence-electron chi connectivity index (χ1n) is 12.6. The number of benzene rings is 1. The number of ether oxygens (including phenoxy) is 2. The molecule has 192 valence electrons. The van der Waals surface area contributed by atoms with Gasteiger partial charge in [-0.05, 0) is 26.0 Å². The molecule has 0 saturated carbocycles. The van der Waals surface area contributed by atoms with Crippen LogP contribution in [0.25, 0.3) is 17.0 Å². The van der Waals surface area contributed by atoms with E-state index in [4.69, 9.17) is 20.2 Å². The normalized spacial score (nSPS) is 16.6. The molecule has 0 radical (unpaired) electrons. The minimum absolute atomic E-state index is 0.387. The van der Waals surface area contributed by atoms with Crippen LogP contribution in [0.5, 0.6) is 5.75 Å². The fourth-order valence-electron chi connectivity index (χ4n) is 4.75. The molecule has 4 aromatic rings. The maximum absolute atomic E-state index is 6.08. The van der Waals surface area contributed by atoms with Gasteiger partial charge in [0.15, 0.2) is 11.5 Å². The number of aryl methyl sites for hydroxylation is 1. The number of fused-ring (bicyclic) bond motifs is 1. The average molecular weight is 502 g/mol. The van der Waals surface area contributed by atoms with Gasteiger partial charge < -0.3 is 29.8 Å². The van der Waals surface area contributed by atoms with Crippen LogP contribution in [0.2, 0.25) is 0 Å². The molecule has 5 heterocycles. The Kier molecular flexibility index (Phi) is 6.23. The second-order valence-corrected chi connectivity index (χ2v) is 9.31. The molecule has 6 rings (SSSR count). The molecule has 0 spiro atoms.